The van der Waals surface area contributed by atoms with Crippen molar-refractivity contribution >= 4 is 50.8 Å². The van der Waals surface area contributed by atoms with E-state index in [9.17, 15) is 18.8 Å². The van der Waals surface area contributed by atoms with Crippen molar-refractivity contribution in [3.05, 3.63) is 68.8 Å². The van der Waals surface area contributed by atoms with Gasteiger partial charge in [-0.2, -0.15) is 0 Å². The SMILES string of the molecule is O=C(COc1ccc(/C=C2\SC(=O)N(Cc3ccc(F)cc3)C2=O)cc1Br)N1CCOCC1. The Bertz CT molecular complexity index is 1100. The number of halogens is 2. The van der Waals surface area contributed by atoms with Crippen molar-refractivity contribution in [2.24, 2.45) is 0 Å². The summed E-state index contributed by atoms with van der Waals surface area (Å²) < 4.78 is 24.6. The minimum Gasteiger partial charge on any atom is -0.483 e. The summed E-state index contributed by atoms with van der Waals surface area (Å²) in [6.07, 6.45) is 1.63. The van der Waals surface area contributed by atoms with Crippen LogP contribution in [0.5, 0.6) is 5.75 Å². The molecule has 172 valence electrons. The lowest BCUT2D eigenvalue weighted by Gasteiger charge is -2.26. The molecule has 0 aromatic heterocycles. The van der Waals surface area contributed by atoms with Crippen LogP contribution in [-0.4, -0.2) is 59.8 Å². The monoisotopic (exact) mass is 534 g/mol. The molecular weight excluding hydrogens is 515 g/mol. The Labute approximate surface area is 202 Å². The number of carbonyl (C=O) groups excluding carboxylic acids is 3. The number of hydrogen-bond acceptors (Lipinski definition) is 6. The number of rotatable bonds is 6. The summed E-state index contributed by atoms with van der Waals surface area (Å²) in [4.78, 5) is 40.4. The Hall–Kier alpha value is -2.69. The third kappa shape index (κ3) is 5.82. The maximum absolute atomic E-state index is 13.1. The minimum atomic E-state index is -0.401. The van der Waals surface area contributed by atoms with Crippen LogP contribution in [0.25, 0.3) is 6.08 Å². The fourth-order valence-electron chi connectivity index (χ4n) is 3.33. The van der Waals surface area contributed by atoms with E-state index in [1.807, 2.05) is 0 Å². The molecule has 7 nitrogen and oxygen atoms in total. The molecule has 2 aliphatic heterocycles. The minimum absolute atomic E-state index is 0.0793. The molecule has 0 bridgehead atoms. The van der Waals surface area contributed by atoms with E-state index >= 15 is 0 Å². The number of carbonyl (C=O) groups is 3. The van der Waals surface area contributed by atoms with Crippen molar-refractivity contribution in [3.63, 3.8) is 0 Å². The number of benzene rings is 2. The molecular formula is C23H20BrFN2O5S. The highest BCUT2D eigenvalue weighted by molar-refractivity contribution is 9.10. The molecule has 2 saturated heterocycles. The first-order valence-electron chi connectivity index (χ1n) is 10.2. The number of ether oxygens (including phenoxy) is 2. The average Bonchev–Trinajstić information content (AvgIpc) is 3.07. The summed E-state index contributed by atoms with van der Waals surface area (Å²) >= 11 is 4.29. The molecule has 2 heterocycles. The summed E-state index contributed by atoms with van der Waals surface area (Å²) in [5.41, 5.74) is 1.36. The van der Waals surface area contributed by atoms with Crippen LogP contribution in [-0.2, 0) is 20.9 Å². The Morgan fingerprint density at radius 2 is 1.88 bits per heavy atom. The molecule has 3 amide bonds. The summed E-state index contributed by atoms with van der Waals surface area (Å²) in [6, 6.07) is 10.9. The van der Waals surface area contributed by atoms with Gasteiger partial charge in [-0.3, -0.25) is 19.3 Å². The predicted octanol–water partition coefficient (Wildman–Crippen LogP) is 4.06. The molecule has 0 aliphatic carbocycles. The molecule has 2 aromatic rings. The summed E-state index contributed by atoms with van der Waals surface area (Å²) in [7, 11) is 0. The second-order valence-electron chi connectivity index (χ2n) is 7.37. The van der Waals surface area contributed by atoms with Crippen LogP contribution in [0.1, 0.15) is 11.1 Å². The molecule has 0 N–H and O–H groups in total. The highest BCUT2D eigenvalue weighted by atomic mass is 79.9. The van der Waals surface area contributed by atoms with Crippen LogP contribution in [0.2, 0.25) is 0 Å². The van der Waals surface area contributed by atoms with E-state index in [4.69, 9.17) is 9.47 Å². The van der Waals surface area contributed by atoms with E-state index < -0.39 is 5.91 Å². The molecule has 2 aliphatic rings. The van der Waals surface area contributed by atoms with E-state index in [0.29, 0.717) is 52.6 Å². The third-order valence-electron chi connectivity index (χ3n) is 5.10. The zero-order chi connectivity index (χ0) is 23.4. The Balaban J connectivity index is 1.39. The van der Waals surface area contributed by atoms with Crippen LogP contribution < -0.4 is 4.74 Å². The van der Waals surface area contributed by atoms with Gasteiger partial charge in [-0.1, -0.05) is 18.2 Å². The lowest BCUT2D eigenvalue weighted by Crippen LogP contribution is -2.43. The molecule has 0 saturated carbocycles. The number of hydrogen-bond donors (Lipinski definition) is 0. The molecule has 4 rings (SSSR count). The topological polar surface area (TPSA) is 76.2 Å². The van der Waals surface area contributed by atoms with Gasteiger partial charge in [-0.05, 0) is 69.2 Å². The molecule has 0 spiro atoms. The highest BCUT2D eigenvalue weighted by Crippen LogP contribution is 2.34. The molecule has 2 aromatic carbocycles. The summed E-state index contributed by atoms with van der Waals surface area (Å²) in [5, 5.41) is -0.379. The van der Waals surface area contributed by atoms with Crippen LogP contribution in [0.15, 0.2) is 51.8 Å². The first-order valence-corrected chi connectivity index (χ1v) is 11.8. The zero-order valence-electron chi connectivity index (χ0n) is 17.5. The molecule has 0 radical (unpaired) electrons. The van der Waals surface area contributed by atoms with Crippen molar-refractivity contribution in [1.29, 1.82) is 0 Å². The van der Waals surface area contributed by atoms with Gasteiger partial charge in [-0.15, -0.1) is 0 Å². The normalized spacial score (nSPS) is 17.7. The number of nitrogens with zero attached hydrogens (tertiary/aromatic N) is 2. The first-order chi connectivity index (χ1) is 15.9. The van der Waals surface area contributed by atoms with Gasteiger partial charge in [0.1, 0.15) is 11.6 Å². The standard InChI is InChI=1S/C23H20BrFN2O5S/c24-18-11-16(3-6-19(18)32-14-21(28)26-7-9-31-10-8-26)12-20-22(29)27(23(30)33-20)13-15-1-4-17(25)5-2-15/h1-6,11-12H,7-10,13-14H2/b20-12-. The van der Waals surface area contributed by atoms with Crippen molar-refractivity contribution in [1.82, 2.24) is 9.80 Å². The smallest absolute Gasteiger partial charge is 0.293 e. The van der Waals surface area contributed by atoms with Gasteiger partial charge in [0.15, 0.2) is 6.61 Å². The van der Waals surface area contributed by atoms with E-state index in [1.165, 1.54) is 12.1 Å². The lowest BCUT2D eigenvalue weighted by molar-refractivity contribution is -0.137. The Morgan fingerprint density at radius 1 is 1.15 bits per heavy atom. The largest absolute Gasteiger partial charge is 0.483 e. The molecule has 0 atom stereocenters. The number of amides is 3. The van der Waals surface area contributed by atoms with Gasteiger partial charge < -0.3 is 14.4 Å². The summed E-state index contributed by atoms with van der Waals surface area (Å²) in [6.45, 7) is 2.16. The molecule has 10 heteroatoms. The van der Waals surface area contributed by atoms with Gasteiger partial charge in [-0.25, -0.2) is 4.39 Å². The molecule has 33 heavy (non-hydrogen) atoms. The number of thioether (sulfide) groups is 1. The van der Waals surface area contributed by atoms with E-state index in [0.717, 1.165) is 16.7 Å². The second-order valence-corrected chi connectivity index (χ2v) is 9.21. The number of morpholine rings is 1. The van der Waals surface area contributed by atoms with Crippen molar-refractivity contribution in [2.75, 3.05) is 32.9 Å². The van der Waals surface area contributed by atoms with Gasteiger partial charge in [0.05, 0.1) is 29.1 Å². The molecule has 0 unspecified atom stereocenters. The average molecular weight is 535 g/mol. The van der Waals surface area contributed by atoms with Crippen molar-refractivity contribution in [3.8, 4) is 5.75 Å². The third-order valence-corrected chi connectivity index (χ3v) is 6.62. The van der Waals surface area contributed by atoms with Gasteiger partial charge in [0.25, 0.3) is 17.1 Å². The van der Waals surface area contributed by atoms with Crippen molar-refractivity contribution in [2.45, 2.75) is 6.54 Å². The maximum Gasteiger partial charge on any atom is 0.293 e. The van der Waals surface area contributed by atoms with Crippen LogP contribution in [0.4, 0.5) is 9.18 Å². The fraction of sp³-hybridized carbons (Fsp3) is 0.261. The van der Waals surface area contributed by atoms with E-state index in [-0.39, 0.29) is 30.1 Å². The Morgan fingerprint density at radius 3 is 2.58 bits per heavy atom. The second kappa shape index (κ2) is 10.5. The van der Waals surface area contributed by atoms with E-state index in [2.05, 4.69) is 15.9 Å². The zero-order valence-corrected chi connectivity index (χ0v) is 19.9. The first kappa shape index (κ1) is 23.5. The number of imide groups is 1. The molecule has 2 fully saturated rings. The highest BCUT2D eigenvalue weighted by Gasteiger charge is 2.35. The van der Waals surface area contributed by atoms with Gasteiger partial charge >= 0.3 is 0 Å². The Kier molecular flexibility index (Phi) is 7.46. The van der Waals surface area contributed by atoms with Crippen LogP contribution in [0, 0.1) is 5.82 Å². The van der Waals surface area contributed by atoms with Crippen LogP contribution >= 0.6 is 27.7 Å². The lowest BCUT2D eigenvalue weighted by atomic mass is 10.2. The maximum atomic E-state index is 13.1. The summed E-state index contributed by atoms with van der Waals surface area (Å²) in [5.74, 6) is -0.389. The quantitative estimate of drug-likeness (QED) is 0.520. The van der Waals surface area contributed by atoms with E-state index in [1.54, 1.807) is 41.3 Å². The van der Waals surface area contributed by atoms with Crippen LogP contribution in [0.3, 0.4) is 0 Å². The fourth-order valence-corrected chi connectivity index (χ4v) is 4.68. The van der Waals surface area contributed by atoms with Gasteiger partial charge in [0, 0.05) is 13.1 Å². The van der Waals surface area contributed by atoms with Crippen molar-refractivity contribution < 1.29 is 28.2 Å². The van der Waals surface area contributed by atoms with Gasteiger partial charge in [0.2, 0.25) is 0 Å². The predicted molar refractivity (Wildman–Crippen MR) is 125 cm³/mol.